The molecule has 2 N–H and O–H groups in total. The summed E-state index contributed by atoms with van der Waals surface area (Å²) >= 11 is 0. The van der Waals surface area contributed by atoms with Gasteiger partial charge in [0.2, 0.25) is 5.89 Å². The minimum atomic E-state index is 0.649. The molecule has 0 amide bonds. The van der Waals surface area contributed by atoms with Gasteiger partial charge in [-0.05, 0) is 49.2 Å². The van der Waals surface area contributed by atoms with Gasteiger partial charge in [-0.1, -0.05) is 24.3 Å². The van der Waals surface area contributed by atoms with E-state index in [-0.39, 0.29) is 0 Å². The van der Waals surface area contributed by atoms with Crippen molar-refractivity contribution in [3.8, 4) is 11.5 Å². The van der Waals surface area contributed by atoms with Crippen LogP contribution in [0.3, 0.4) is 0 Å². The Morgan fingerprint density at radius 1 is 1.16 bits per heavy atom. The van der Waals surface area contributed by atoms with Gasteiger partial charge in [-0.25, -0.2) is 4.98 Å². The van der Waals surface area contributed by atoms with Gasteiger partial charge in [0.15, 0.2) is 5.58 Å². The maximum absolute atomic E-state index is 5.88. The van der Waals surface area contributed by atoms with Crippen LogP contribution in [0.15, 0.2) is 46.9 Å². The summed E-state index contributed by atoms with van der Waals surface area (Å²) in [6.07, 6.45) is 0.868. The molecule has 0 saturated carbocycles. The highest BCUT2D eigenvalue weighted by atomic mass is 16.3. The van der Waals surface area contributed by atoms with Crippen molar-refractivity contribution in [3.05, 3.63) is 53.6 Å². The fourth-order valence-electron chi connectivity index (χ4n) is 2.24. The van der Waals surface area contributed by atoms with Gasteiger partial charge in [-0.3, -0.25) is 0 Å². The molecule has 0 bridgehead atoms. The first-order valence-corrected chi connectivity index (χ1v) is 6.43. The van der Waals surface area contributed by atoms with Crippen molar-refractivity contribution in [1.82, 2.24) is 4.98 Å². The quantitative estimate of drug-likeness (QED) is 0.778. The average molecular weight is 252 g/mol. The van der Waals surface area contributed by atoms with Crippen molar-refractivity contribution in [3.63, 3.8) is 0 Å². The Balaban J connectivity index is 2.08. The van der Waals surface area contributed by atoms with Gasteiger partial charge in [0.25, 0.3) is 0 Å². The molecule has 2 aromatic carbocycles. The summed E-state index contributed by atoms with van der Waals surface area (Å²) in [6, 6.07) is 14.2. The molecule has 3 heteroatoms. The third-order valence-corrected chi connectivity index (χ3v) is 3.22. The minimum absolute atomic E-state index is 0.649. The van der Waals surface area contributed by atoms with E-state index in [0.29, 0.717) is 12.4 Å². The maximum Gasteiger partial charge on any atom is 0.227 e. The van der Waals surface area contributed by atoms with Gasteiger partial charge in [0, 0.05) is 5.56 Å². The van der Waals surface area contributed by atoms with E-state index in [1.807, 2.05) is 37.3 Å². The molecule has 3 rings (SSSR count). The number of aromatic nitrogens is 1. The van der Waals surface area contributed by atoms with Gasteiger partial charge in [0.1, 0.15) is 5.52 Å². The van der Waals surface area contributed by atoms with E-state index in [2.05, 4.69) is 17.1 Å². The SMILES string of the molecule is Cc1cccc2nc(-c3cccc(CCN)c3)oc12. The number of hydrogen-bond acceptors (Lipinski definition) is 3. The van der Waals surface area contributed by atoms with Crippen LogP contribution in [0.5, 0.6) is 0 Å². The molecule has 3 nitrogen and oxygen atoms in total. The maximum atomic E-state index is 5.88. The second-order valence-corrected chi connectivity index (χ2v) is 4.68. The smallest absolute Gasteiger partial charge is 0.227 e. The van der Waals surface area contributed by atoms with E-state index in [0.717, 1.165) is 28.6 Å². The van der Waals surface area contributed by atoms with Crippen molar-refractivity contribution < 1.29 is 4.42 Å². The molecule has 0 saturated heterocycles. The molecule has 0 aliphatic heterocycles. The lowest BCUT2D eigenvalue weighted by Crippen LogP contribution is -2.02. The number of nitrogens with zero attached hydrogens (tertiary/aromatic N) is 1. The molecule has 0 spiro atoms. The zero-order valence-electron chi connectivity index (χ0n) is 10.9. The first-order chi connectivity index (χ1) is 9.28. The third kappa shape index (κ3) is 2.25. The molecule has 0 atom stereocenters. The topological polar surface area (TPSA) is 52.0 Å². The van der Waals surface area contributed by atoms with Crippen LogP contribution >= 0.6 is 0 Å². The molecule has 3 aromatic rings. The fraction of sp³-hybridized carbons (Fsp3) is 0.188. The Morgan fingerprint density at radius 3 is 2.79 bits per heavy atom. The van der Waals surface area contributed by atoms with Crippen molar-refractivity contribution in [2.24, 2.45) is 5.73 Å². The van der Waals surface area contributed by atoms with Crippen LogP contribution in [-0.2, 0) is 6.42 Å². The number of oxazole rings is 1. The number of hydrogen-bond donors (Lipinski definition) is 1. The number of nitrogens with two attached hydrogens (primary N) is 1. The van der Waals surface area contributed by atoms with Crippen LogP contribution < -0.4 is 5.73 Å². The highest BCUT2D eigenvalue weighted by Crippen LogP contribution is 2.26. The molecular weight excluding hydrogens is 236 g/mol. The minimum Gasteiger partial charge on any atom is -0.436 e. The Hall–Kier alpha value is -2.13. The third-order valence-electron chi connectivity index (χ3n) is 3.22. The van der Waals surface area contributed by atoms with Crippen LogP contribution in [0, 0.1) is 6.92 Å². The second kappa shape index (κ2) is 4.86. The largest absolute Gasteiger partial charge is 0.436 e. The first-order valence-electron chi connectivity index (χ1n) is 6.43. The van der Waals surface area contributed by atoms with Gasteiger partial charge in [-0.2, -0.15) is 0 Å². The Labute approximate surface area is 112 Å². The van der Waals surface area contributed by atoms with Crippen molar-refractivity contribution >= 4 is 11.1 Å². The molecule has 0 aliphatic rings. The monoisotopic (exact) mass is 252 g/mol. The van der Waals surface area contributed by atoms with Gasteiger partial charge in [0.05, 0.1) is 0 Å². The molecule has 19 heavy (non-hydrogen) atoms. The van der Waals surface area contributed by atoms with E-state index in [1.165, 1.54) is 5.56 Å². The summed E-state index contributed by atoms with van der Waals surface area (Å²) in [7, 11) is 0. The number of benzene rings is 2. The van der Waals surface area contributed by atoms with Gasteiger partial charge >= 0.3 is 0 Å². The van der Waals surface area contributed by atoms with Gasteiger partial charge in [-0.15, -0.1) is 0 Å². The molecule has 0 unspecified atom stereocenters. The second-order valence-electron chi connectivity index (χ2n) is 4.68. The predicted molar refractivity (Wildman–Crippen MR) is 76.9 cm³/mol. The van der Waals surface area contributed by atoms with E-state index in [4.69, 9.17) is 10.2 Å². The van der Waals surface area contributed by atoms with Crippen molar-refractivity contribution in [1.29, 1.82) is 0 Å². The summed E-state index contributed by atoms with van der Waals surface area (Å²) in [5.41, 5.74) is 10.7. The van der Waals surface area contributed by atoms with Crippen LogP contribution in [-0.4, -0.2) is 11.5 Å². The van der Waals surface area contributed by atoms with Crippen LogP contribution in [0.4, 0.5) is 0 Å². The fourth-order valence-corrected chi connectivity index (χ4v) is 2.24. The molecule has 0 radical (unpaired) electrons. The molecule has 1 aromatic heterocycles. The molecule has 0 aliphatic carbocycles. The Morgan fingerprint density at radius 2 is 2.00 bits per heavy atom. The van der Waals surface area contributed by atoms with Crippen LogP contribution in [0.1, 0.15) is 11.1 Å². The van der Waals surface area contributed by atoms with E-state index < -0.39 is 0 Å². The summed E-state index contributed by atoms with van der Waals surface area (Å²) in [5, 5.41) is 0. The Kier molecular flexibility index (Phi) is 3.05. The lowest BCUT2D eigenvalue weighted by atomic mass is 10.1. The predicted octanol–water partition coefficient (Wildman–Crippen LogP) is 3.30. The first kappa shape index (κ1) is 11.9. The molecule has 96 valence electrons. The Bertz CT molecular complexity index is 716. The molecule has 0 fully saturated rings. The zero-order chi connectivity index (χ0) is 13.2. The number of para-hydroxylation sites is 1. The van der Waals surface area contributed by atoms with Gasteiger partial charge < -0.3 is 10.2 Å². The molecule has 1 heterocycles. The zero-order valence-corrected chi connectivity index (χ0v) is 10.9. The summed E-state index contributed by atoms with van der Waals surface area (Å²) in [5.74, 6) is 0.670. The summed E-state index contributed by atoms with van der Waals surface area (Å²) in [4.78, 5) is 4.55. The highest BCUT2D eigenvalue weighted by Gasteiger charge is 2.09. The molecular formula is C16H16N2O. The normalized spacial score (nSPS) is 11.1. The van der Waals surface area contributed by atoms with Crippen molar-refractivity contribution in [2.45, 2.75) is 13.3 Å². The van der Waals surface area contributed by atoms with E-state index >= 15 is 0 Å². The standard InChI is InChI=1S/C16H16N2O/c1-11-4-2-7-14-15(11)19-16(18-14)13-6-3-5-12(10-13)8-9-17/h2-7,10H,8-9,17H2,1H3. The number of fused-ring (bicyclic) bond motifs is 1. The number of rotatable bonds is 3. The van der Waals surface area contributed by atoms with Crippen LogP contribution in [0.2, 0.25) is 0 Å². The average Bonchev–Trinajstić information content (AvgIpc) is 2.85. The van der Waals surface area contributed by atoms with E-state index in [9.17, 15) is 0 Å². The lowest BCUT2D eigenvalue weighted by Gasteiger charge is -2.00. The van der Waals surface area contributed by atoms with Crippen molar-refractivity contribution in [2.75, 3.05) is 6.54 Å². The lowest BCUT2D eigenvalue weighted by molar-refractivity contribution is 0.617. The summed E-state index contributed by atoms with van der Waals surface area (Å²) in [6.45, 7) is 2.68. The highest BCUT2D eigenvalue weighted by molar-refractivity contribution is 5.79. The van der Waals surface area contributed by atoms with E-state index in [1.54, 1.807) is 0 Å². The van der Waals surface area contributed by atoms with Crippen LogP contribution in [0.25, 0.3) is 22.6 Å². The summed E-state index contributed by atoms with van der Waals surface area (Å²) < 4.78 is 5.88. The number of aryl methyl sites for hydroxylation is 1.